The Morgan fingerprint density at radius 3 is 2.48 bits per heavy atom. The number of nitrogens with zero attached hydrogens (tertiary/aromatic N) is 2. The minimum Gasteiger partial charge on any atom is -0.481 e. The number of hydrogen-bond donors (Lipinski definition) is 2. The second kappa shape index (κ2) is 7.04. The monoisotopic (exact) mass is 317 g/mol. The highest BCUT2D eigenvalue weighted by Gasteiger charge is 2.23. The molecule has 0 aliphatic heterocycles. The summed E-state index contributed by atoms with van der Waals surface area (Å²) in [6.45, 7) is 5.58. The van der Waals surface area contributed by atoms with Gasteiger partial charge in [0.2, 0.25) is 10.0 Å². The van der Waals surface area contributed by atoms with Crippen LogP contribution < -0.4 is 4.72 Å². The third kappa shape index (κ3) is 4.82. The van der Waals surface area contributed by atoms with E-state index in [0.29, 0.717) is 24.2 Å². The van der Waals surface area contributed by atoms with Gasteiger partial charge in [0.1, 0.15) is 4.90 Å². The van der Waals surface area contributed by atoms with Crippen molar-refractivity contribution in [2.24, 2.45) is 13.0 Å². The normalized spacial score (nSPS) is 13.3. The van der Waals surface area contributed by atoms with E-state index in [1.165, 1.54) is 0 Å². The van der Waals surface area contributed by atoms with Crippen LogP contribution in [-0.4, -0.2) is 35.8 Å². The molecule has 0 amide bonds. The summed E-state index contributed by atoms with van der Waals surface area (Å²) < 4.78 is 28.7. The molecule has 21 heavy (non-hydrogen) atoms. The van der Waals surface area contributed by atoms with Gasteiger partial charge >= 0.3 is 5.97 Å². The van der Waals surface area contributed by atoms with Crippen molar-refractivity contribution in [3.05, 3.63) is 11.4 Å². The summed E-state index contributed by atoms with van der Waals surface area (Å²) >= 11 is 0. The van der Waals surface area contributed by atoms with Gasteiger partial charge in [0.25, 0.3) is 0 Å². The standard InChI is InChI=1S/C13H23N3O4S/c1-9(5-6-12(17)18)7-8-14-21(19,20)13-10(2)15-16(4)11(13)3/h9,14H,5-8H2,1-4H3,(H,17,18). The number of hydrogen-bond acceptors (Lipinski definition) is 4. The minimum atomic E-state index is -3.58. The topological polar surface area (TPSA) is 101 Å². The highest BCUT2D eigenvalue weighted by Crippen LogP contribution is 2.18. The number of rotatable bonds is 8. The summed E-state index contributed by atoms with van der Waals surface area (Å²) in [4.78, 5) is 10.7. The van der Waals surface area contributed by atoms with Gasteiger partial charge in [0, 0.05) is 20.0 Å². The van der Waals surface area contributed by atoms with Crippen LogP contribution >= 0.6 is 0 Å². The molecule has 0 spiro atoms. The van der Waals surface area contributed by atoms with Gasteiger partial charge in [-0.1, -0.05) is 6.92 Å². The van der Waals surface area contributed by atoms with Gasteiger partial charge in [-0.05, 0) is 32.6 Å². The van der Waals surface area contributed by atoms with Gasteiger partial charge in [0.05, 0.1) is 11.4 Å². The van der Waals surface area contributed by atoms with E-state index in [-0.39, 0.29) is 23.8 Å². The summed E-state index contributed by atoms with van der Waals surface area (Å²) in [5, 5.41) is 12.7. The average molecular weight is 317 g/mol. The van der Waals surface area contributed by atoms with Crippen molar-refractivity contribution in [3.8, 4) is 0 Å². The van der Waals surface area contributed by atoms with Crippen LogP contribution in [0.15, 0.2) is 4.90 Å². The van der Waals surface area contributed by atoms with E-state index in [0.717, 1.165) is 0 Å². The molecule has 1 aromatic rings. The fourth-order valence-electron chi connectivity index (χ4n) is 2.17. The van der Waals surface area contributed by atoms with Crippen molar-refractivity contribution in [2.75, 3.05) is 6.54 Å². The molecule has 2 N–H and O–H groups in total. The van der Waals surface area contributed by atoms with Crippen molar-refractivity contribution in [3.63, 3.8) is 0 Å². The molecule has 7 nitrogen and oxygen atoms in total. The molecule has 0 saturated heterocycles. The predicted octanol–water partition coefficient (Wildman–Crippen LogP) is 1.21. The zero-order valence-corrected chi connectivity index (χ0v) is 13.7. The zero-order chi connectivity index (χ0) is 16.2. The fourth-order valence-corrected chi connectivity index (χ4v) is 3.65. The molecule has 0 aliphatic rings. The Bertz CT molecular complexity index is 607. The first-order valence-electron chi connectivity index (χ1n) is 6.86. The lowest BCUT2D eigenvalue weighted by Gasteiger charge is -2.11. The summed E-state index contributed by atoms with van der Waals surface area (Å²) in [6.07, 6.45) is 1.25. The highest BCUT2D eigenvalue weighted by molar-refractivity contribution is 7.89. The molecule has 1 heterocycles. The smallest absolute Gasteiger partial charge is 0.303 e. The van der Waals surface area contributed by atoms with Gasteiger partial charge in [0.15, 0.2) is 0 Å². The highest BCUT2D eigenvalue weighted by atomic mass is 32.2. The molecule has 0 fully saturated rings. The Balaban J connectivity index is 2.60. The number of aliphatic carboxylic acids is 1. The van der Waals surface area contributed by atoms with Crippen LogP contribution in [0.1, 0.15) is 37.6 Å². The third-order valence-corrected chi connectivity index (χ3v) is 5.20. The maximum atomic E-state index is 12.3. The molecule has 0 bridgehead atoms. The summed E-state index contributed by atoms with van der Waals surface area (Å²) in [5.74, 6) is -0.677. The van der Waals surface area contributed by atoms with Gasteiger partial charge in [-0.15, -0.1) is 0 Å². The molecular weight excluding hydrogens is 294 g/mol. The maximum absolute atomic E-state index is 12.3. The number of nitrogens with one attached hydrogen (secondary N) is 1. The zero-order valence-electron chi connectivity index (χ0n) is 12.9. The molecule has 1 aromatic heterocycles. The lowest BCUT2D eigenvalue weighted by atomic mass is 10.0. The van der Waals surface area contributed by atoms with E-state index in [1.54, 1.807) is 25.6 Å². The first-order chi connectivity index (χ1) is 9.65. The Morgan fingerprint density at radius 2 is 2.00 bits per heavy atom. The van der Waals surface area contributed by atoms with Crippen molar-refractivity contribution in [1.29, 1.82) is 0 Å². The Kier molecular flexibility index (Phi) is 5.91. The summed E-state index contributed by atoms with van der Waals surface area (Å²) in [6, 6.07) is 0. The molecule has 120 valence electrons. The van der Waals surface area contributed by atoms with Crippen molar-refractivity contribution >= 4 is 16.0 Å². The summed E-state index contributed by atoms with van der Waals surface area (Å²) in [5.41, 5.74) is 1.07. The van der Waals surface area contributed by atoms with E-state index in [4.69, 9.17) is 5.11 Å². The molecule has 0 aromatic carbocycles. The third-order valence-electron chi connectivity index (χ3n) is 3.49. The van der Waals surface area contributed by atoms with Crippen molar-refractivity contribution in [1.82, 2.24) is 14.5 Å². The molecule has 0 saturated carbocycles. The molecule has 1 rings (SSSR count). The number of carbonyl (C=O) groups is 1. The molecule has 0 aliphatic carbocycles. The van der Waals surface area contributed by atoms with Crippen LogP contribution in [0.5, 0.6) is 0 Å². The molecular formula is C13H23N3O4S. The van der Waals surface area contributed by atoms with Crippen LogP contribution in [-0.2, 0) is 21.9 Å². The van der Waals surface area contributed by atoms with Crippen LogP contribution in [0.3, 0.4) is 0 Å². The molecule has 0 radical (unpaired) electrons. The van der Waals surface area contributed by atoms with Gasteiger partial charge in [-0.25, -0.2) is 13.1 Å². The SMILES string of the molecule is Cc1nn(C)c(C)c1S(=O)(=O)NCCC(C)CCC(=O)O. The summed E-state index contributed by atoms with van der Waals surface area (Å²) in [7, 11) is -1.87. The van der Waals surface area contributed by atoms with Crippen molar-refractivity contribution < 1.29 is 18.3 Å². The number of carboxylic acid groups (broad SMARTS) is 1. The van der Waals surface area contributed by atoms with E-state index >= 15 is 0 Å². The molecule has 1 atom stereocenters. The average Bonchev–Trinajstić information content (AvgIpc) is 2.60. The predicted molar refractivity (Wildman–Crippen MR) is 78.5 cm³/mol. The number of aryl methyl sites for hydroxylation is 2. The first kappa shape index (κ1) is 17.6. The molecule has 8 heteroatoms. The minimum absolute atomic E-state index is 0.106. The largest absolute Gasteiger partial charge is 0.481 e. The maximum Gasteiger partial charge on any atom is 0.303 e. The quantitative estimate of drug-likeness (QED) is 0.750. The lowest BCUT2D eigenvalue weighted by molar-refractivity contribution is -0.137. The van der Waals surface area contributed by atoms with Crippen LogP contribution in [0.4, 0.5) is 0 Å². The van der Waals surface area contributed by atoms with E-state index < -0.39 is 16.0 Å². The van der Waals surface area contributed by atoms with E-state index in [1.807, 2.05) is 6.92 Å². The van der Waals surface area contributed by atoms with Crippen molar-refractivity contribution in [2.45, 2.75) is 44.9 Å². The Hall–Kier alpha value is -1.41. The van der Waals surface area contributed by atoms with Crippen LogP contribution in [0.2, 0.25) is 0 Å². The van der Waals surface area contributed by atoms with E-state index in [9.17, 15) is 13.2 Å². The number of aromatic nitrogens is 2. The number of carboxylic acids is 1. The fraction of sp³-hybridized carbons (Fsp3) is 0.692. The van der Waals surface area contributed by atoms with Gasteiger partial charge in [-0.3, -0.25) is 9.48 Å². The van der Waals surface area contributed by atoms with Crippen LogP contribution in [0.25, 0.3) is 0 Å². The second-order valence-corrected chi connectivity index (χ2v) is 7.05. The Labute approximate surface area is 125 Å². The lowest BCUT2D eigenvalue weighted by Crippen LogP contribution is -2.27. The number of sulfonamides is 1. The van der Waals surface area contributed by atoms with Gasteiger partial charge < -0.3 is 5.11 Å². The first-order valence-corrected chi connectivity index (χ1v) is 8.35. The second-order valence-electron chi connectivity index (χ2n) is 5.35. The van der Waals surface area contributed by atoms with E-state index in [2.05, 4.69) is 9.82 Å². The van der Waals surface area contributed by atoms with Crippen LogP contribution in [0, 0.1) is 19.8 Å². The van der Waals surface area contributed by atoms with Gasteiger partial charge in [-0.2, -0.15) is 5.10 Å². The Morgan fingerprint density at radius 1 is 1.38 bits per heavy atom. The molecule has 1 unspecified atom stereocenters.